The van der Waals surface area contributed by atoms with Gasteiger partial charge in [0.1, 0.15) is 0 Å². The Kier molecular flexibility index (Phi) is 5.55. The van der Waals surface area contributed by atoms with Gasteiger partial charge in [-0.25, -0.2) is 0 Å². The topological polar surface area (TPSA) is 64.4 Å². The molecule has 2 aliphatic rings. The van der Waals surface area contributed by atoms with Crippen molar-refractivity contribution in [1.29, 1.82) is 0 Å². The summed E-state index contributed by atoms with van der Waals surface area (Å²) in [5, 5.41) is 3.61. The third-order valence-electron chi connectivity index (χ3n) is 5.97. The number of carbonyl (C=O) groups is 1. The molecule has 1 aliphatic carbocycles. The van der Waals surface area contributed by atoms with Gasteiger partial charge >= 0.3 is 0 Å². The Bertz CT molecular complexity index is 812. The van der Waals surface area contributed by atoms with Crippen LogP contribution in [0.3, 0.4) is 0 Å². The van der Waals surface area contributed by atoms with Crippen LogP contribution in [-0.2, 0) is 24.1 Å². The largest absolute Gasteiger partial charge is 0.381 e. The Balaban J connectivity index is 1.39. The number of hydrogen-bond donors (Lipinski definition) is 2. The molecule has 0 radical (unpaired) electrons. The molecule has 2 aromatic rings. The van der Waals surface area contributed by atoms with Crippen LogP contribution in [0.4, 0.5) is 0 Å². The molecule has 4 nitrogen and oxygen atoms in total. The average molecular weight is 364 g/mol. The molecule has 3 N–H and O–H groups in total. The first-order valence-electron chi connectivity index (χ1n) is 9.98. The average Bonchev–Trinajstić information content (AvgIpc) is 3.12. The Labute approximate surface area is 161 Å². The van der Waals surface area contributed by atoms with Crippen molar-refractivity contribution in [3.8, 4) is 0 Å². The zero-order valence-corrected chi connectivity index (χ0v) is 15.7. The van der Waals surface area contributed by atoms with E-state index in [-0.39, 0.29) is 5.91 Å². The number of nitrogens with two attached hydrogens (primary N) is 1. The quantitative estimate of drug-likeness (QED) is 0.827. The molecular formula is C23H28N2O2. The standard InChI is InChI=1S/C23H28N2O2/c24-23(26)22-4-2-1-3-21(22)20-12-18-6-5-17(11-19(18)13-20)15-25-14-16-7-9-27-10-8-16/h1-6,11,16,20,25H,7-10,12-15H2,(H2,24,26)/t20-/m1/s1. The van der Waals surface area contributed by atoms with Crippen LogP contribution in [0, 0.1) is 5.92 Å². The summed E-state index contributed by atoms with van der Waals surface area (Å²) in [6, 6.07) is 14.6. The van der Waals surface area contributed by atoms with Gasteiger partial charge in [-0.05, 0) is 72.4 Å². The number of amides is 1. The van der Waals surface area contributed by atoms with Gasteiger partial charge in [0.15, 0.2) is 0 Å². The molecule has 0 unspecified atom stereocenters. The Morgan fingerprint density at radius 3 is 2.67 bits per heavy atom. The van der Waals surface area contributed by atoms with E-state index in [2.05, 4.69) is 23.5 Å². The van der Waals surface area contributed by atoms with Gasteiger partial charge in [-0.1, -0.05) is 36.4 Å². The number of primary amides is 1. The lowest BCUT2D eigenvalue weighted by Crippen LogP contribution is -2.27. The van der Waals surface area contributed by atoms with Crippen molar-refractivity contribution in [2.45, 2.75) is 38.1 Å². The zero-order valence-electron chi connectivity index (χ0n) is 15.7. The molecule has 1 heterocycles. The first-order valence-corrected chi connectivity index (χ1v) is 9.98. The van der Waals surface area contributed by atoms with Crippen molar-refractivity contribution >= 4 is 5.91 Å². The van der Waals surface area contributed by atoms with Gasteiger partial charge in [0.25, 0.3) is 0 Å². The summed E-state index contributed by atoms with van der Waals surface area (Å²) in [6.45, 7) is 3.78. The summed E-state index contributed by atoms with van der Waals surface area (Å²) in [7, 11) is 0. The van der Waals surface area contributed by atoms with Crippen LogP contribution in [0.5, 0.6) is 0 Å². The summed E-state index contributed by atoms with van der Waals surface area (Å²) >= 11 is 0. The molecule has 0 spiro atoms. The molecular weight excluding hydrogens is 336 g/mol. The predicted molar refractivity (Wildman–Crippen MR) is 107 cm³/mol. The van der Waals surface area contributed by atoms with E-state index in [1.165, 1.54) is 16.7 Å². The second-order valence-corrected chi connectivity index (χ2v) is 7.85. The molecule has 1 aliphatic heterocycles. The first-order chi connectivity index (χ1) is 13.2. The van der Waals surface area contributed by atoms with Gasteiger partial charge in [0.2, 0.25) is 5.91 Å². The van der Waals surface area contributed by atoms with Crippen LogP contribution in [0.25, 0.3) is 0 Å². The number of rotatable bonds is 6. The Morgan fingerprint density at radius 1 is 1.07 bits per heavy atom. The second-order valence-electron chi connectivity index (χ2n) is 7.85. The highest BCUT2D eigenvalue weighted by atomic mass is 16.5. The number of benzene rings is 2. The van der Waals surface area contributed by atoms with Crippen LogP contribution >= 0.6 is 0 Å². The third kappa shape index (κ3) is 4.23. The van der Waals surface area contributed by atoms with Gasteiger partial charge in [0.05, 0.1) is 0 Å². The van der Waals surface area contributed by atoms with Crippen molar-refractivity contribution in [2.24, 2.45) is 11.7 Å². The fourth-order valence-corrected chi connectivity index (χ4v) is 4.45. The smallest absolute Gasteiger partial charge is 0.248 e. The summed E-state index contributed by atoms with van der Waals surface area (Å²) < 4.78 is 5.43. The second kappa shape index (κ2) is 8.24. The van der Waals surface area contributed by atoms with Crippen LogP contribution in [-0.4, -0.2) is 25.7 Å². The molecule has 2 aromatic carbocycles. The van der Waals surface area contributed by atoms with Crippen molar-refractivity contribution < 1.29 is 9.53 Å². The van der Waals surface area contributed by atoms with Crippen LogP contribution < -0.4 is 11.1 Å². The minimum Gasteiger partial charge on any atom is -0.381 e. The molecule has 142 valence electrons. The molecule has 1 fully saturated rings. The minimum atomic E-state index is -0.334. The molecule has 0 bridgehead atoms. The number of fused-ring (bicyclic) bond motifs is 1. The number of hydrogen-bond acceptors (Lipinski definition) is 3. The molecule has 1 atom stereocenters. The van der Waals surface area contributed by atoms with Crippen molar-refractivity contribution in [2.75, 3.05) is 19.8 Å². The maximum absolute atomic E-state index is 11.8. The van der Waals surface area contributed by atoms with E-state index in [4.69, 9.17) is 10.5 Å². The lowest BCUT2D eigenvalue weighted by Gasteiger charge is -2.22. The fourth-order valence-electron chi connectivity index (χ4n) is 4.45. The maximum atomic E-state index is 11.8. The molecule has 0 aromatic heterocycles. The summed E-state index contributed by atoms with van der Waals surface area (Å²) in [5.74, 6) is 0.747. The van der Waals surface area contributed by atoms with E-state index in [0.717, 1.165) is 63.5 Å². The van der Waals surface area contributed by atoms with E-state index in [9.17, 15) is 4.79 Å². The normalized spacial score (nSPS) is 19.8. The fraction of sp³-hybridized carbons (Fsp3) is 0.435. The van der Waals surface area contributed by atoms with Gasteiger partial charge in [-0.3, -0.25) is 4.79 Å². The number of carbonyl (C=O) groups excluding carboxylic acids is 1. The molecule has 1 amide bonds. The lowest BCUT2D eigenvalue weighted by atomic mass is 9.91. The number of nitrogens with one attached hydrogen (secondary N) is 1. The molecule has 0 saturated carbocycles. The monoisotopic (exact) mass is 364 g/mol. The zero-order chi connectivity index (χ0) is 18.6. The van der Waals surface area contributed by atoms with Crippen LogP contribution in [0.2, 0.25) is 0 Å². The molecule has 1 saturated heterocycles. The van der Waals surface area contributed by atoms with Gasteiger partial charge < -0.3 is 15.8 Å². The highest BCUT2D eigenvalue weighted by Gasteiger charge is 2.26. The summed E-state index contributed by atoms with van der Waals surface area (Å²) in [5.41, 5.74) is 11.5. The first kappa shape index (κ1) is 18.2. The third-order valence-corrected chi connectivity index (χ3v) is 5.97. The van der Waals surface area contributed by atoms with E-state index >= 15 is 0 Å². The SMILES string of the molecule is NC(=O)c1ccccc1[C@@H]1Cc2ccc(CNCC3CCOCC3)cc2C1. The van der Waals surface area contributed by atoms with Crippen LogP contribution in [0.15, 0.2) is 42.5 Å². The van der Waals surface area contributed by atoms with E-state index in [1.807, 2.05) is 24.3 Å². The van der Waals surface area contributed by atoms with Crippen molar-refractivity contribution in [3.63, 3.8) is 0 Å². The van der Waals surface area contributed by atoms with E-state index in [0.29, 0.717) is 11.5 Å². The lowest BCUT2D eigenvalue weighted by molar-refractivity contribution is 0.0662. The Morgan fingerprint density at radius 2 is 1.85 bits per heavy atom. The Hall–Kier alpha value is -2.17. The highest BCUT2D eigenvalue weighted by molar-refractivity contribution is 5.94. The predicted octanol–water partition coefficient (Wildman–Crippen LogP) is 3.18. The van der Waals surface area contributed by atoms with Gasteiger partial charge in [0, 0.05) is 25.3 Å². The van der Waals surface area contributed by atoms with Crippen molar-refractivity contribution in [1.82, 2.24) is 5.32 Å². The van der Waals surface area contributed by atoms with Gasteiger partial charge in [-0.15, -0.1) is 0 Å². The summed E-state index contributed by atoms with van der Waals surface area (Å²) in [4.78, 5) is 11.8. The van der Waals surface area contributed by atoms with Crippen molar-refractivity contribution in [3.05, 3.63) is 70.3 Å². The molecule has 4 heteroatoms. The molecule has 27 heavy (non-hydrogen) atoms. The molecule has 4 rings (SSSR count). The van der Waals surface area contributed by atoms with Gasteiger partial charge in [-0.2, -0.15) is 0 Å². The minimum absolute atomic E-state index is 0.334. The van der Waals surface area contributed by atoms with E-state index in [1.54, 1.807) is 0 Å². The summed E-state index contributed by atoms with van der Waals surface area (Å²) in [6.07, 6.45) is 4.29. The highest BCUT2D eigenvalue weighted by Crippen LogP contribution is 2.35. The van der Waals surface area contributed by atoms with E-state index < -0.39 is 0 Å². The number of ether oxygens (including phenoxy) is 1. The van der Waals surface area contributed by atoms with Crippen LogP contribution in [0.1, 0.15) is 51.4 Å². The maximum Gasteiger partial charge on any atom is 0.248 e.